The van der Waals surface area contributed by atoms with E-state index in [1.165, 1.54) is 43.4 Å². The molecule has 2 aromatic rings. The second-order valence-electron chi connectivity index (χ2n) is 7.57. The van der Waals surface area contributed by atoms with E-state index in [0.29, 0.717) is 30.2 Å². The number of ether oxygens (including phenoxy) is 2. The van der Waals surface area contributed by atoms with Crippen LogP contribution in [0.5, 0.6) is 11.5 Å². The molecule has 1 aliphatic heterocycles. The van der Waals surface area contributed by atoms with Gasteiger partial charge in [-0.2, -0.15) is 0 Å². The lowest BCUT2D eigenvalue weighted by molar-refractivity contribution is -0.857. The smallest absolute Gasteiger partial charge is 0.295 e. The Hall–Kier alpha value is -3.39. The first-order valence-electron chi connectivity index (χ1n) is 9.83. The number of ketones is 1. The molecule has 3 rings (SSSR count). The molecular weight excluding hydrogens is 403 g/mol. The summed E-state index contributed by atoms with van der Waals surface area (Å²) in [6, 6.07) is 9.39. The number of nitrogens with one attached hydrogen (secondary N) is 1. The maximum atomic E-state index is 13.3. The molecule has 0 aromatic heterocycles. The zero-order chi connectivity index (χ0) is 22.7. The van der Waals surface area contributed by atoms with Gasteiger partial charge in [-0.3, -0.25) is 9.59 Å². The number of quaternary nitrogens is 1. The number of aliphatic hydroxyl groups is 1. The Morgan fingerprint density at radius 2 is 1.71 bits per heavy atom. The van der Waals surface area contributed by atoms with Crippen molar-refractivity contribution in [3.8, 4) is 11.5 Å². The second kappa shape index (κ2) is 9.18. The minimum Gasteiger partial charge on any atom is -0.507 e. The number of likely N-dealkylation sites (tertiary alicyclic amines) is 1. The van der Waals surface area contributed by atoms with Crippen molar-refractivity contribution in [1.82, 2.24) is 4.90 Å². The minimum absolute atomic E-state index is 0.0439. The first-order valence-corrected chi connectivity index (χ1v) is 9.83. The summed E-state index contributed by atoms with van der Waals surface area (Å²) in [7, 11) is 6.89. The van der Waals surface area contributed by atoms with Crippen molar-refractivity contribution in [2.75, 3.05) is 41.4 Å². The molecule has 0 radical (unpaired) electrons. The molecule has 2 aromatic carbocycles. The number of rotatable bonds is 7. The monoisotopic (exact) mass is 429 g/mol. The fraction of sp³-hybridized carbons (Fsp3) is 0.304. The predicted octanol–water partition coefficient (Wildman–Crippen LogP) is 1.41. The Kier molecular flexibility index (Phi) is 6.60. The average Bonchev–Trinajstić information content (AvgIpc) is 3.01. The van der Waals surface area contributed by atoms with Crippen LogP contribution in [0.2, 0.25) is 0 Å². The highest BCUT2D eigenvalue weighted by molar-refractivity contribution is 6.46. The fourth-order valence-electron chi connectivity index (χ4n) is 3.59. The molecule has 0 bridgehead atoms. The number of carbonyl (C=O) groups is 2. The molecule has 0 saturated carbocycles. The first-order chi connectivity index (χ1) is 14.8. The van der Waals surface area contributed by atoms with Crippen molar-refractivity contribution in [1.29, 1.82) is 0 Å². The van der Waals surface area contributed by atoms with Gasteiger partial charge in [-0.05, 0) is 42.0 Å². The number of halogens is 1. The molecule has 31 heavy (non-hydrogen) atoms. The normalized spacial score (nSPS) is 18.0. The van der Waals surface area contributed by atoms with Gasteiger partial charge in [-0.1, -0.05) is 6.07 Å². The molecule has 0 aliphatic carbocycles. The fourth-order valence-corrected chi connectivity index (χ4v) is 3.59. The van der Waals surface area contributed by atoms with E-state index < -0.39 is 23.5 Å². The average molecular weight is 429 g/mol. The Balaban J connectivity index is 2.18. The second-order valence-corrected chi connectivity index (χ2v) is 7.57. The predicted molar refractivity (Wildman–Crippen MR) is 113 cm³/mol. The number of hydrogen-bond donors (Lipinski definition) is 2. The van der Waals surface area contributed by atoms with Crippen LogP contribution >= 0.6 is 0 Å². The van der Waals surface area contributed by atoms with Crippen LogP contribution in [-0.4, -0.2) is 63.1 Å². The van der Waals surface area contributed by atoms with Gasteiger partial charge in [0.25, 0.3) is 11.7 Å². The molecule has 0 spiro atoms. The highest BCUT2D eigenvalue weighted by Gasteiger charge is 2.46. The summed E-state index contributed by atoms with van der Waals surface area (Å²) < 4.78 is 24.0. The number of hydrogen-bond acceptors (Lipinski definition) is 5. The van der Waals surface area contributed by atoms with Crippen molar-refractivity contribution in [2.45, 2.75) is 6.04 Å². The lowest BCUT2D eigenvalue weighted by Crippen LogP contribution is -3.06. The Labute approximate surface area is 180 Å². The molecule has 2 N–H and O–H groups in total. The van der Waals surface area contributed by atoms with E-state index in [9.17, 15) is 19.1 Å². The maximum absolute atomic E-state index is 13.3. The maximum Gasteiger partial charge on any atom is 0.295 e. The molecule has 164 valence electrons. The van der Waals surface area contributed by atoms with Crippen LogP contribution in [0.25, 0.3) is 5.76 Å². The van der Waals surface area contributed by atoms with Crippen LogP contribution in [0.1, 0.15) is 17.2 Å². The molecule has 1 heterocycles. The van der Waals surface area contributed by atoms with Crippen LogP contribution in [0.3, 0.4) is 0 Å². The van der Waals surface area contributed by atoms with Crippen LogP contribution in [0.4, 0.5) is 4.39 Å². The topological polar surface area (TPSA) is 80.5 Å². The van der Waals surface area contributed by atoms with Crippen molar-refractivity contribution in [3.63, 3.8) is 0 Å². The Morgan fingerprint density at radius 3 is 2.29 bits per heavy atom. The molecule has 1 aliphatic rings. The lowest BCUT2D eigenvalue weighted by atomic mass is 9.95. The van der Waals surface area contributed by atoms with Gasteiger partial charge in [0, 0.05) is 5.56 Å². The molecule has 0 unspecified atom stereocenters. The number of likely N-dealkylation sites (N-methyl/N-ethyl adjacent to an activating group) is 1. The third-order valence-corrected chi connectivity index (χ3v) is 5.23. The van der Waals surface area contributed by atoms with E-state index in [2.05, 4.69) is 0 Å². The van der Waals surface area contributed by atoms with Crippen molar-refractivity contribution < 1.29 is 33.5 Å². The summed E-state index contributed by atoms with van der Waals surface area (Å²) in [6.45, 7) is 0.916. The largest absolute Gasteiger partial charge is 0.507 e. The van der Waals surface area contributed by atoms with Crippen molar-refractivity contribution in [2.24, 2.45) is 0 Å². The summed E-state index contributed by atoms with van der Waals surface area (Å²) in [5, 5.41) is 10.9. The minimum atomic E-state index is -0.816. The summed E-state index contributed by atoms with van der Waals surface area (Å²) >= 11 is 0. The van der Waals surface area contributed by atoms with Gasteiger partial charge in [-0.25, -0.2) is 4.39 Å². The summed E-state index contributed by atoms with van der Waals surface area (Å²) in [5.41, 5.74) is 0.801. The van der Waals surface area contributed by atoms with E-state index >= 15 is 0 Å². The number of carbonyl (C=O) groups excluding carboxylic acids is 2. The number of methoxy groups -OCH3 is 2. The van der Waals surface area contributed by atoms with Gasteiger partial charge in [0.2, 0.25) is 0 Å². The first kappa shape index (κ1) is 22.3. The van der Waals surface area contributed by atoms with E-state index in [-0.39, 0.29) is 16.9 Å². The number of amides is 1. The highest BCUT2D eigenvalue weighted by Crippen LogP contribution is 2.41. The third kappa shape index (κ3) is 4.39. The summed E-state index contributed by atoms with van der Waals surface area (Å²) in [5.74, 6) is -1.36. The van der Waals surface area contributed by atoms with Gasteiger partial charge in [0.15, 0.2) is 11.5 Å². The number of Topliss-reactive ketones (excluding diaryl/α,β-unsaturated/α-hetero) is 1. The summed E-state index contributed by atoms with van der Waals surface area (Å²) in [6.07, 6.45) is 0. The summed E-state index contributed by atoms with van der Waals surface area (Å²) in [4.78, 5) is 28.4. The zero-order valence-corrected chi connectivity index (χ0v) is 17.9. The Morgan fingerprint density at radius 1 is 1.06 bits per heavy atom. The molecule has 1 saturated heterocycles. The van der Waals surface area contributed by atoms with Crippen LogP contribution in [0.15, 0.2) is 48.0 Å². The van der Waals surface area contributed by atoms with Gasteiger partial charge >= 0.3 is 0 Å². The van der Waals surface area contributed by atoms with E-state index in [1.807, 2.05) is 14.1 Å². The van der Waals surface area contributed by atoms with Crippen LogP contribution in [0, 0.1) is 5.82 Å². The van der Waals surface area contributed by atoms with Crippen LogP contribution < -0.4 is 14.4 Å². The van der Waals surface area contributed by atoms with Gasteiger partial charge in [-0.15, -0.1) is 0 Å². The quantitative estimate of drug-likeness (QED) is 0.395. The van der Waals surface area contributed by atoms with Gasteiger partial charge in [0.05, 0.1) is 53.0 Å². The highest BCUT2D eigenvalue weighted by atomic mass is 19.1. The van der Waals surface area contributed by atoms with Crippen molar-refractivity contribution in [3.05, 3.63) is 65.0 Å². The van der Waals surface area contributed by atoms with E-state index in [4.69, 9.17) is 9.47 Å². The van der Waals surface area contributed by atoms with Crippen LogP contribution in [-0.2, 0) is 9.59 Å². The third-order valence-electron chi connectivity index (χ3n) is 5.23. The molecule has 1 amide bonds. The van der Waals surface area contributed by atoms with E-state index in [1.54, 1.807) is 18.2 Å². The molecule has 1 fully saturated rings. The van der Waals surface area contributed by atoms with Gasteiger partial charge < -0.3 is 24.4 Å². The molecule has 1 atom stereocenters. The van der Waals surface area contributed by atoms with Gasteiger partial charge in [0.1, 0.15) is 11.6 Å². The number of nitrogens with zero attached hydrogens (tertiary/aromatic N) is 1. The van der Waals surface area contributed by atoms with Crippen molar-refractivity contribution >= 4 is 17.4 Å². The molecule has 8 heteroatoms. The molecule has 7 nitrogen and oxygen atoms in total. The molecular formula is C23H26FN2O5+. The van der Waals surface area contributed by atoms with E-state index in [0.717, 1.165) is 4.90 Å². The number of aliphatic hydroxyl groups excluding tert-OH is 1. The standard InChI is InChI=1S/C23H25FN2O5/c1-25(2)11-12-26-20(15-7-10-17(30-3)18(13-15)31-4)19(22(28)23(26)29)21(27)14-5-8-16(24)9-6-14/h5-10,13,20,27H,11-12H2,1-4H3/p+1/t20-/m1/s1. The SMILES string of the molecule is COc1ccc([C@@H]2C(=C(O)c3ccc(F)cc3)C(=O)C(=O)N2CC[NH+](C)C)cc1OC. The zero-order valence-electron chi connectivity index (χ0n) is 17.9. The Bertz CT molecular complexity index is 1020. The lowest BCUT2D eigenvalue weighted by Gasteiger charge is -2.26. The number of benzene rings is 2.